The second kappa shape index (κ2) is 9.71. The zero-order chi connectivity index (χ0) is 22.8. The second-order valence-electron chi connectivity index (χ2n) is 8.24. The van der Waals surface area contributed by atoms with Crippen LogP contribution in [0.2, 0.25) is 5.02 Å². The number of thiazole rings is 1. The molecular formula is C25H26ClN3O3S. The Balaban J connectivity index is 1.31. The van der Waals surface area contributed by atoms with Crippen molar-refractivity contribution in [3.8, 4) is 22.1 Å². The van der Waals surface area contributed by atoms with E-state index in [1.54, 1.807) is 12.0 Å². The smallest absolute Gasteiger partial charge is 0.270 e. The van der Waals surface area contributed by atoms with E-state index in [-0.39, 0.29) is 5.91 Å². The number of benzene rings is 2. The van der Waals surface area contributed by atoms with Crippen molar-refractivity contribution in [3.63, 3.8) is 0 Å². The summed E-state index contributed by atoms with van der Waals surface area (Å²) in [5, 5.41) is 1.52. The lowest BCUT2D eigenvalue weighted by atomic mass is 10.1. The average Bonchev–Trinajstić information content (AvgIpc) is 3.51. The fourth-order valence-electron chi connectivity index (χ4n) is 4.33. The first-order valence-electron chi connectivity index (χ1n) is 11.2. The third-order valence-corrected chi connectivity index (χ3v) is 7.51. The van der Waals surface area contributed by atoms with Crippen LogP contribution >= 0.6 is 22.9 Å². The highest BCUT2D eigenvalue weighted by atomic mass is 35.5. The van der Waals surface area contributed by atoms with Crippen LogP contribution < -0.4 is 14.4 Å². The van der Waals surface area contributed by atoms with Crippen LogP contribution in [0.5, 0.6) is 11.5 Å². The first-order valence-corrected chi connectivity index (χ1v) is 12.4. The molecule has 2 aromatic carbocycles. The van der Waals surface area contributed by atoms with E-state index < -0.39 is 0 Å². The maximum absolute atomic E-state index is 13.3. The summed E-state index contributed by atoms with van der Waals surface area (Å²) >= 11 is 7.44. The third kappa shape index (κ3) is 4.71. The molecule has 0 radical (unpaired) electrons. The molecule has 6 nitrogen and oxygen atoms in total. The molecule has 172 valence electrons. The number of halogens is 1. The molecule has 8 heteroatoms. The molecule has 0 bridgehead atoms. The van der Waals surface area contributed by atoms with Crippen LogP contribution in [0.25, 0.3) is 10.6 Å². The number of ether oxygens (including phenoxy) is 2. The molecule has 1 fully saturated rings. The standard InChI is InChI=1S/C25H26ClN3O3S/c1-31-22-16-19(8-9-21(22)32-15-14-28-11-2-3-12-28)29-13-10-20-23(25(29)30)33-24(27-20)17-4-6-18(26)7-5-17/h4-9,16H,2-3,10-15H2,1H3. The highest BCUT2D eigenvalue weighted by Gasteiger charge is 2.30. The van der Waals surface area contributed by atoms with E-state index in [1.165, 1.54) is 24.2 Å². The summed E-state index contributed by atoms with van der Waals surface area (Å²) in [5.41, 5.74) is 2.63. The molecule has 0 N–H and O–H groups in total. The predicted molar refractivity (Wildman–Crippen MR) is 132 cm³/mol. The number of rotatable bonds is 7. The summed E-state index contributed by atoms with van der Waals surface area (Å²) in [6, 6.07) is 13.3. The molecular weight excluding hydrogens is 458 g/mol. The van der Waals surface area contributed by atoms with Crippen molar-refractivity contribution in [2.45, 2.75) is 19.3 Å². The van der Waals surface area contributed by atoms with E-state index >= 15 is 0 Å². The molecule has 2 aliphatic rings. The fraction of sp³-hybridized carbons (Fsp3) is 0.360. The minimum Gasteiger partial charge on any atom is -0.493 e. The number of hydrogen-bond donors (Lipinski definition) is 0. The molecule has 1 aromatic heterocycles. The van der Waals surface area contributed by atoms with Gasteiger partial charge in [0.05, 0.1) is 12.8 Å². The number of likely N-dealkylation sites (tertiary alicyclic amines) is 1. The van der Waals surface area contributed by atoms with E-state index in [4.69, 9.17) is 26.1 Å². The van der Waals surface area contributed by atoms with Gasteiger partial charge in [-0.3, -0.25) is 9.69 Å². The number of fused-ring (bicyclic) bond motifs is 1. The quantitative estimate of drug-likeness (QED) is 0.465. The molecule has 33 heavy (non-hydrogen) atoms. The van der Waals surface area contributed by atoms with Gasteiger partial charge < -0.3 is 14.4 Å². The van der Waals surface area contributed by atoms with Crippen LogP contribution in [0, 0.1) is 0 Å². The Bertz CT molecular complexity index is 1140. The lowest BCUT2D eigenvalue weighted by Crippen LogP contribution is -2.36. The molecule has 1 amide bonds. The van der Waals surface area contributed by atoms with E-state index in [9.17, 15) is 4.79 Å². The number of aromatic nitrogens is 1. The summed E-state index contributed by atoms with van der Waals surface area (Å²) in [6.45, 7) is 4.41. The highest BCUT2D eigenvalue weighted by molar-refractivity contribution is 7.17. The number of amides is 1. The van der Waals surface area contributed by atoms with Crippen molar-refractivity contribution in [3.05, 3.63) is 58.1 Å². The van der Waals surface area contributed by atoms with Crippen LogP contribution in [0.4, 0.5) is 5.69 Å². The van der Waals surface area contributed by atoms with Crippen molar-refractivity contribution in [1.29, 1.82) is 0 Å². The minimum absolute atomic E-state index is 0.0290. The van der Waals surface area contributed by atoms with Crippen molar-refractivity contribution in [2.75, 3.05) is 44.8 Å². The molecule has 0 atom stereocenters. The second-order valence-corrected chi connectivity index (χ2v) is 9.68. The molecule has 1 saturated heterocycles. The summed E-state index contributed by atoms with van der Waals surface area (Å²) < 4.78 is 11.6. The maximum Gasteiger partial charge on any atom is 0.270 e. The highest BCUT2D eigenvalue weighted by Crippen LogP contribution is 2.36. The van der Waals surface area contributed by atoms with Gasteiger partial charge in [-0.15, -0.1) is 11.3 Å². The number of carbonyl (C=O) groups is 1. The Labute approximate surface area is 202 Å². The summed E-state index contributed by atoms with van der Waals surface area (Å²) in [6.07, 6.45) is 3.25. The first kappa shape index (κ1) is 22.2. The van der Waals surface area contributed by atoms with E-state index in [0.717, 1.165) is 41.6 Å². The van der Waals surface area contributed by atoms with Crippen molar-refractivity contribution < 1.29 is 14.3 Å². The van der Waals surface area contributed by atoms with Gasteiger partial charge in [0.2, 0.25) is 0 Å². The van der Waals surface area contributed by atoms with Crippen LogP contribution in [-0.2, 0) is 6.42 Å². The van der Waals surface area contributed by atoms with Gasteiger partial charge in [-0.25, -0.2) is 4.98 Å². The zero-order valence-electron chi connectivity index (χ0n) is 18.6. The SMILES string of the molecule is COc1cc(N2CCc3nc(-c4ccc(Cl)cc4)sc3C2=O)ccc1OCCN1CCCC1. The van der Waals surface area contributed by atoms with Crippen LogP contribution in [0.15, 0.2) is 42.5 Å². The molecule has 3 heterocycles. The normalized spacial score (nSPS) is 16.2. The zero-order valence-corrected chi connectivity index (χ0v) is 20.1. The third-order valence-electron chi connectivity index (χ3n) is 6.12. The lowest BCUT2D eigenvalue weighted by Gasteiger charge is -2.26. The van der Waals surface area contributed by atoms with Crippen molar-refractivity contribution in [1.82, 2.24) is 9.88 Å². The van der Waals surface area contributed by atoms with E-state index in [2.05, 4.69) is 4.90 Å². The topological polar surface area (TPSA) is 54.9 Å². The molecule has 5 rings (SSSR count). The Morgan fingerprint density at radius 2 is 1.85 bits per heavy atom. The lowest BCUT2D eigenvalue weighted by molar-refractivity contribution is 0.0984. The fourth-order valence-corrected chi connectivity index (χ4v) is 5.52. The van der Waals surface area contributed by atoms with Crippen LogP contribution in [0.3, 0.4) is 0 Å². The maximum atomic E-state index is 13.3. The Morgan fingerprint density at radius 1 is 1.06 bits per heavy atom. The van der Waals surface area contributed by atoms with Gasteiger partial charge in [0.25, 0.3) is 5.91 Å². The van der Waals surface area contributed by atoms with Crippen LogP contribution in [-0.4, -0.2) is 55.7 Å². The number of methoxy groups -OCH3 is 1. The average molecular weight is 484 g/mol. The van der Waals surface area contributed by atoms with E-state index in [1.807, 2.05) is 42.5 Å². The number of anilines is 1. The number of carbonyl (C=O) groups excluding carboxylic acids is 1. The van der Waals surface area contributed by atoms with Gasteiger partial charge in [0.15, 0.2) is 11.5 Å². The predicted octanol–water partition coefficient (Wildman–Crippen LogP) is 5.15. The molecule has 0 saturated carbocycles. The van der Waals surface area contributed by atoms with Gasteiger partial charge in [0, 0.05) is 41.9 Å². The van der Waals surface area contributed by atoms with Gasteiger partial charge >= 0.3 is 0 Å². The van der Waals surface area contributed by atoms with Gasteiger partial charge in [0.1, 0.15) is 16.5 Å². The Morgan fingerprint density at radius 3 is 2.61 bits per heavy atom. The van der Waals surface area contributed by atoms with Gasteiger partial charge in [-0.2, -0.15) is 0 Å². The number of hydrogen-bond acceptors (Lipinski definition) is 6. The molecule has 3 aromatic rings. The summed E-state index contributed by atoms with van der Waals surface area (Å²) in [7, 11) is 1.63. The van der Waals surface area contributed by atoms with Gasteiger partial charge in [-0.05, 0) is 50.2 Å². The molecule has 0 spiro atoms. The molecule has 0 aliphatic carbocycles. The first-order chi connectivity index (χ1) is 16.1. The van der Waals surface area contributed by atoms with Gasteiger partial charge in [-0.1, -0.05) is 23.7 Å². The molecule has 0 unspecified atom stereocenters. The largest absolute Gasteiger partial charge is 0.493 e. The van der Waals surface area contributed by atoms with E-state index in [0.29, 0.717) is 41.0 Å². The Hall–Kier alpha value is -2.61. The van der Waals surface area contributed by atoms with Crippen molar-refractivity contribution >= 4 is 34.5 Å². The monoisotopic (exact) mass is 483 g/mol. The number of nitrogens with zero attached hydrogens (tertiary/aromatic N) is 3. The van der Waals surface area contributed by atoms with Crippen LogP contribution in [0.1, 0.15) is 28.2 Å². The molecule has 2 aliphatic heterocycles. The Kier molecular flexibility index (Phi) is 6.53. The summed E-state index contributed by atoms with van der Waals surface area (Å²) in [4.78, 5) is 22.9. The van der Waals surface area contributed by atoms with Crippen molar-refractivity contribution in [2.24, 2.45) is 0 Å². The summed E-state index contributed by atoms with van der Waals surface area (Å²) in [5.74, 6) is 1.31. The minimum atomic E-state index is -0.0290.